The molecule has 2 atom stereocenters. The van der Waals surface area contributed by atoms with Gasteiger partial charge in [-0.15, -0.1) is 0 Å². The molecule has 0 amide bonds. The lowest BCUT2D eigenvalue weighted by Gasteiger charge is -2.10. The average Bonchev–Trinajstić information content (AvgIpc) is 2.94. The largest absolute Gasteiger partial charge is 0.396 e. The third-order valence-electron chi connectivity index (χ3n) is 3.18. The van der Waals surface area contributed by atoms with Crippen LogP contribution in [0.1, 0.15) is 17.9 Å². The van der Waals surface area contributed by atoms with E-state index >= 15 is 0 Å². The molecular weight excluding hydrogens is 198 g/mol. The second-order valence-electron chi connectivity index (χ2n) is 4.03. The Hall–Kier alpha value is -0.570. The van der Waals surface area contributed by atoms with E-state index < -0.39 is 0 Å². The molecule has 1 aromatic rings. The molecule has 0 bridgehead atoms. The van der Waals surface area contributed by atoms with E-state index in [9.17, 15) is 5.11 Å². The standard InChI is InChI=1S/C11H14ClNO/c12-9-3-1-8(2-4-9)10-5-11(10,6-13)7-14/h1-4,10,14H,5-7,13H2. The van der Waals surface area contributed by atoms with Crippen LogP contribution in [0.3, 0.4) is 0 Å². The fourth-order valence-corrected chi connectivity index (χ4v) is 2.10. The maximum atomic E-state index is 9.24. The highest BCUT2D eigenvalue weighted by Crippen LogP contribution is 2.58. The molecule has 0 aromatic heterocycles. The highest BCUT2D eigenvalue weighted by atomic mass is 35.5. The first-order chi connectivity index (χ1) is 6.72. The summed E-state index contributed by atoms with van der Waals surface area (Å²) in [7, 11) is 0. The lowest BCUT2D eigenvalue weighted by molar-refractivity contribution is 0.211. The predicted molar refractivity (Wildman–Crippen MR) is 57.4 cm³/mol. The molecule has 1 saturated carbocycles. The van der Waals surface area contributed by atoms with E-state index in [1.54, 1.807) is 0 Å². The van der Waals surface area contributed by atoms with Crippen LogP contribution in [0.25, 0.3) is 0 Å². The number of nitrogens with two attached hydrogens (primary N) is 1. The van der Waals surface area contributed by atoms with Gasteiger partial charge in [-0.3, -0.25) is 0 Å². The molecule has 3 N–H and O–H groups in total. The Morgan fingerprint density at radius 2 is 2.07 bits per heavy atom. The quantitative estimate of drug-likeness (QED) is 0.801. The Bertz CT molecular complexity index is 319. The molecule has 76 valence electrons. The van der Waals surface area contributed by atoms with E-state index in [1.165, 1.54) is 5.56 Å². The number of hydrogen-bond acceptors (Lipinski definition) is 2. The summed E-state index contributed by atoms with van der Waals surface area (Å²) in [6.45, 7) is 0.730. The fraction of sp³-hybridized carbons (Fsp3) is 0.455. The third-order valence-corrected chi connectivity index (χ3v) is 3.44. The molecular formula is C11H14ClNO. The number of halogens is 1. The summed E-state index contributed by atoms with van der Waals surface area (Å²) in [5, 5.41) is 9.98. The first-order valence-electron chi connectivity index (χ1n) is 4.78. The summed E-state index contributed by atoms with van der Waals surface area (Å²) in [5.74, 6) is 0.412. The zero-order chi connectivity index (χ0) is 10.2. The van der Waals surface area contributed by atoms with Gasteiger partial charge < -0.3 is 10.8 Å². The zero-order valence-electron chi connectivity index (χ0n) is 7.91. The van der Waals surface area contributed by atoms with Crippen LogP contribution in [-0.2, 0) is 0 Å². The van der Waals surface area contributed by atoms with E-state index in [2.05, 4.69) is 0 Å². The van der Waals surface area contributed by atoms with Crippen LogP contribution >= 0.6 is 11.6 Å². The van der Waals surface area contributed by atoms with Gasteiger partial charge in [0.15, 0.2) is 0 Å². The van der Waals surface area contributed by atoms with Gasteiger partial charge in [0.25, 0.3) is 0 Å². The van der Waals surface area contributed by atoms with Crippen LogP contribution < -0.4 is 5.73 Å². The van der Waals surface area contributed by atoms with Crippen molar-refractivity contribution in [1.29, 1.82) is 0 Å². The van der Waals surface area contributed by atoms with Crippen molar-refractivity contribution in [2.75, 3.05) is 13.2 Å². The number of aliphatic hydroxyl groups is 1. The molecule has 2 nitrogen and oxygen atoms in total. The van der Waals surface area contributed by atoms with Crippen molar-refractivity contribution < 1.29 is 5.11 Å². The molecule has 2 unspecified atom stereocenters. The summed E-state index contributed by atoms with van der Waals surface area (Å²) >= 11 is 5.80. The van der Waals surface area contributed by atoms with Gasteiger partial charge in [-0.25, -0.2) is 0 Å². The van der Waals surface area contributed by atoms with Crippen LogP contribution in [0.2, 0.25) is 5.02 Å². The maximum Gasteiger partial charge on any atom is 0.0505 e. The minimum atomic E-state index is -0.0617. The van der Waals surface area contributed by atoms with Crippen LogP contribution in [0.5, 0.6) is 0 Å². The minimum absolute atomic E-state index is 0.0617. The molecule has 0 heterocycles. The van der Waals surface area contributed by atoms with Crippen LogP contribution in [-0.4, -0.2) is 18.3 Å². The van der Waals surface area contributed by atoms with E-state index in [0.29, 0.717) is 12.5 Å². The first-order valence-corrected chi connectivity index (χ1v) is 5.16. The average molecular weight is 212 g/mol. The van der Waals surface area contributed by atoms with Crippen LogP contribution in [0, 0.1) is 5.41 Å². The van der Waals surface area contributed by atoms with Crippen molar-refractivity contribution in [2.45, 2.75) is 12.3 Å². The molecule has 0 radical (unpaired) electrons. The van der Waals surface area contributed by atoms with Gasteiger partial charge in [-0.2, -0.15) is 0 Å². The van der Waals surface area contributed by atoms with E-state index in [1.807, 2.05) is 24.3 Å². The summed E-state index contributed by atoms with van der Waals surface area (Å²) in [5.41, 5.74) is 6.82. The monoisotopic (exact) mass is 211 g/mol. The highest BCUT2D eigenvalue weighted by molar-refractivity contribution is 6.30. The number of rotatable bonds is 3. The third kappa shape index (κ3) is 1.54. The molecule has 0 saturated heterocycles. The van der Waals surface area contributed by atoms with Gasteiger partial charge in [0.1, 0.15) is 0 Å². The van der Waals surface area contributed by atoms with E-state index in [4.69, 9.17) is 17.3 Å². The van der Waals surface area contributed by atoms with Crippen molar-refractivity contribution >= 4 is 11.6 Å². The molecule has 2 rings (SSSR count). The van der Waals surface area contributed by atoms with Crippen molar-refractivity contribution in [1.82, 2.24) is 0 Å². The zero-order valence-corrected chi connectivity index (χ0v) is 8.67. The van der Waals surface area contributed by atoms with Gasteiger partial charge in [0, 0.05) is 17.0 Å². The Morgan fingerprint density at radius 3 is 2.50 bits per heavy atom. The molecule has 1 aliphatic carbocycles. The Kier molecular flexibility index (Phi) is 2.52. The molecule has 1 aromatic carbocycles. The molecule has 1 fully saturated rings. The number of hydrogen-bond donors (Lipinski definition) is 2. The van der Waals surface area contributed by atoms with E-state index in [-0.39, 0.29) is 12.0 Å². The van der Waals surface area contributed by atoms with Crippen molar-refractivity contribution in [3.8, 4) is 0 Å². The fourth-order valence-electron chi connectivity index (χ4n) is 1.98. The van der Waals surface area contributed by atoms with Gasteiger partial charge in [0.05, 0.1) is 6.61 Å². The lowest BCUT2D eigenvalue weighted by atomic mass is 10.0. The van der Waals surface area contributed by atoms with Gasteiger partial charge in [-0.05, 0) is 30.0 Å². The van der Waals surface area contributed by atoms with Crippen LogP contribution in [0.15, 0.2) is 24.3 Å². The molecule has 0 spiro atoms. The second kappa shape index (κ2) is 3.54. The minimum Gasteiger partial charge on any atom is -0.396 e. The maximum absolute atomic E-state index is 9.24. The molecule has 0 aliphatic heterocycles. The van der Waals surface area contributed by atoms with Gasteiger partial charge >= 0.3 is 0 Å². The molecule has 14 heavy (non-hydrogen) atoms. The normalized spacial score (nSPS) is 30.4. The summed E-state index contributed by atoms with van der Waals surface area (Å²) in [6, 6.07) is 7.79. The van der Waals surface area contributed by atoms with Gasteiger partial charge in [-0.1, -0.05) is 23.7 Å². The predicted octanol–water partition coefficient (Wildman–Crippen LogP) is 1.76. The summed E-state index contributed by atoms with van der Waals surface area (Å²) in [4.78, 5) is 0. The Balaban J connectivity index is 2.16. The second-order valence-corrected chi connectivity index (χ2v) is 4.47. The van der Waals surface area contributed by atoms with Crippen molar-refractivity contribution in [2.24, 2.45) is 11.1 Å². The van der Waals surface area contributed by atoms with Crippen LogP contribution in [0.4, 0.5) is 0 Å². The Labute approximate surface area is 88.7 Å². The topological polar surface area (TPSA) is 46.2 Å². The van der Waals surface area contributed by atoms with Crippen molar-refractivity contribution in [3.63, 3.8) is 0 Å². The highest BCUT2D eigenvalue weighted by Gasteiger charge is 2.53. The summed E-state index contributed by atoms with van der Waals surface area (Å²) < 4.78 is 0. The number of aliphatic hydroxyl groups excluding tert-OH is 1. The smallest absolute Gasteiger partial charge is 0.0505 e. The van der Waals surface area contributed by atoms with Crippen molar-refractivity contribution in [3.05, 3.63) is 34.9 Å². The lowest BCUT2D eigenvalue weighted by Crippen LogP contribution is -2.21. The SMILES string of the molecule is NCC1(CO)CC1c1ccc(Cl)cc1. The molecule has 1 aliphatic rings. The van der Waals surface area contributed by atoms with Gasteiger partial charge in [0.2, 0.25) is 0 Å². The summed E-state index contributed by atoms with van der Waals surface area (Å²) in [6.07, 6.45) is 0.988. The first kappa shape index (κ1) is 9.97. The van der Waals surface area contributed by atoms with E-state index in [0.717, 1.165) is 11.4 Å². The Morgan fingerprint density at radius 1 is 1.43 bits per heavy atom. The number of benzene rings is 1. The molecule has 3 heteroatoms.